The van der Waals surface area contributed by atoms with E-state index in [-0.39, 0.29) is 18.1 Å². The number of benzene rings is 1. The lowest BCUT2D eigenvalue weighted by molar-refractivity contribution is -0.384. The summed E-state index contributed by atoms with van der Waals surface area (Å²) in [5.74, 6) is 0. The van der Waals surface area contributed by atoms with Gasteiger partial charge in [0, 0.05) is 12.6 Å². The average molecular weight is 313 g/mol. The maximum atomic E-state index is 12.5. The summed E-state index contributed by atoms with van der Waals surface area (Å²) in [5, 5.41) is 13.5. The first-order chi connectivity index (χ1) is 8.86. The lowest BCUT2D eigenvalue weighted by atomic mass is 10.1. The van der Waals surface area contributed by atoms with Crippen molar-refractivity contribution in [3.63, 3.8) is 0 Å². The fourth-order valence-electron chi connectivity index (χ4n) is 1.50. The highest BCUT2D eigenvalue weighted by Crippen LogP contribution is 2.34. The molecule has 114 valence electrons. The van der Waals surface area contributed by atoms with Crippen LogP contribution in [0.2, 0.25) is 0 Å². The maximum absolute atomic E-state index is 12.5. The van der Waals surface area contributed by atoms with E-state index in [0.717, 1.165) is 18.6 Å². The molecule has 5 nitrogen and oxygen atoms in total. The van der Waals surface area contributed by atoms with Crippen LogP contribution in [-0.4, -0.2) is 18.0 Å². The molecule has 0 amide bonds. The number of hydrogen-bond acceptors (Lipinski definition) is 4. The standard InChI is InChI=1S/C11H14F3N3O2.ClH/c12-11(13,14)8-3-4-9(10(7-8)17(18)19)16-6-2-1-5-15;/h3-4,7,16H,1-2,5-6,15H2;1H/p-1. The molecule has 0 saturated heterocycles. The molecule has 3 N–H and O–H groups in total. The highest BCUT2D eigenvalue weighted by atomic mass is 35.5. The number of nitrogens with one attached hydrogen (secondary N) is 1. The predicted molar refractivity (Wildman–Crippen MR) is 64.9 cm³/mol. The fraction of sp³-hybridized carbons (Fsp3) is 0.455. The monoisotopic (exact) mass is 312 g/mol. The summed E-state index contributed by atoms with van der Waals surface area (Å²) in [6, 6.07) is 2.42. The van der Waals surface area contributed by atoms with Gasteiger partial charge in [-0.2, -0.15) is 13.2 Å². The number of nitrogens with zero attached hydrogens (tertiary/aromatic N) is 1. The van der Waals surface area contributed by atoms with Gasteiger partial charge in [0.05, 0.1) is 10.5 Å². The Labute approximate surface area is 119 Å². The Morgan fingerprint density at radius 2 is 1.95 bits per heavy atom. The van der Waals surface area contributed by atoms with Crippen molar-refractivity contribution in [3.05, 3.63) is 33.9 Å². The van der Waals surface area contributed by atoms with E-state index in [2.05, 4.69) is 5.32 Å². The van der Waals surface area contributed by atoms with Crippen molar-refractivity contribution in [1.29, 1.82) is 0 Å². The summed E-state index contributed by atoms with van der Waals surface area (Å²) in [6.45, 7) is 0.917. The second-order valence-electron chi connectivity index (χ2n) is 3.91. The van der Waals surface area contributed by atoms with Crippen LogP contribution in [0.3, 0.4) is 0 Å². The average Bonchev–Trinajstić information content (AvgIpc) is 2.33. The first kappa shape index (κ1) is 18.5. The van der Waals surface area contributed by atoms with Crippen LogP contribution in [0.25, 0.3) is 0 Å². The molecule has 0 atom stereocenters. The van der Waals surface area contributed by atoms with Crippen LogP contribution in [0.4, 0.5) is 24.5 Å². The SMILES string of the molecule is NCCCCNc1ccc(C(F)(F)F)cc1[N+](=O)[O-].[Cl-]. The summed E-state index contributed by atoms with van der Waals surface area (Å²) >= 11 is 0. The van der Waals surface area contributed by atoms with E-state index < -0.39 is 22.4 Å². The van der Waals surface area contributed by atoms with E-state index in [1.165, 1.54) is 0 Å². The zero-order valence-electron chi connectivity index (χ0n) is 10.4. The van der Waals surface area contributed by atoms with Crippen LogP contribution in [-0.2, 0) is 6.18 Å². The summed E-state index contributed by atoms with van der Waals surface area (Å²) in [4.78, 5) is 9.94. The first-order valence-corrected chi connectivity index (χ1v) is 5.66. The molecule has 20 heavy (non-hydrogen) atoms. The normalized spacial score (nSPS) is 10.8. The summed E-state index contributed by atoms with van der Waals surface area (Å²) in [6.07, 6.45) is -3.17. The third-order valence-electron chi connectivity index (χ3n) is 2.47. The molecule has 0 fully saturated rings. The summed E-state index contributed by atoms with van der Waals surface area (Å²) < 4.78 is 37.4. The molecule has 0 aliphatic rings. The van der Waals surface area contributed by atoms with Gasteiger partial charge in [-0.15, -0.1) is 0 Å². The van der Waals surface area contributed by atoms with Crippen molar-refractivity contribution < 1.29 is 30.5 Å². The Morgan fingerprint density at radius 3 is 2.45 bits per heavy atom. The largest absolute Gasteiger partial charge is 1.00 e. The zero-order chi connectivity index (χ0) is 14.5. The molecule has 1 aromatic rings. The maximum Gasteiger partial charge on any atom is 0.416 e. The Morgan fingerprint density at radius 1 is 1.30 bits per heavy atom. The van der Waals surface area contributed by atoms with Gasteiger partial charge < -0.3 is 23.5 Å². The molecule has 0 bridgehead atoms. The molecule has 0 aromatic heterocycles. The predicted octanol–water partition coefficient (Wildman–Crippen LogP) is -0.232. The van der Waals surface area contributed by atoms with Crippen LogP contribution >= 0.6 is 0 Å². The van der Waals surface area contributed by atoms with Gasteiger partial charge in [-0.3, -0.25) is 10.1 Å². The number of nitro groups is 1. The minimum atomic E-state index is -4.59. The lowest BCUT2D eigenvalue weighted by Crippen LogP contribution is -3.00. The van der Waals surface area contributed by atoms with Crippen molar-refractivity contribution >= 4 is 11.4 Å². The van der Waals surface area contributed by atoms with Crippen molar-refractivity contribution in [2.75, 3.05) is 18.4 Å². The molecule has 1 aromatic carbocycles. The van der Waals surface area contributed by atoms with E-state index in [4.69, 9.17) is 5.73 Å². The van der Waals surface area contributed by atoms with Crippen LogP contribution in [0.5, 0.6) is 0 Å². The third kappa shape index (κ3) is 5.22. The summed E-state index contributed by atoms with van der Waals surface area (Å²) in [5.41, 5.74) is 3.76. The minimum absolute atomic E-state index is 0. The van der Waals surface area contributed by atoms with E-state index in [1.54, 1.807) is 0 Å². The smallest absolute Gasteiger partial charge is 0.416 e. The van der Waals surface area contributed by atoms with E-state index in [9.17, 15) is 23.3 Å². The second kappa shape index (κ2) is 7.91. The fourth-order valence-corrected chi connectivity index (χ4v) is 1.50. The van der Waals surface area contributed by atoms with Gasteiger partial charge in [0.2, 0.25) is 0 Å². The van der Waals surface area contributed by atoms with Crippen molar-refractivity contribution in [3.8, 4) is 0 Å². The quantitative estimate of drug-likeness (QED) is 0.432. The topological polar surface area (TPSA) is 81.2 Å². The second-order valence-corrected chi connectivity index (χ2v) is 3.91. The first-order valence-electron chi connectivity index (χ1n) is 5.66. The molecule has 0 unspecified atom stereocenters. The van der Waals surface area contributed by atoms with E-state index in [0.29, 0.717) is 25.6 Å². The molecular weight excluding hydrogens is 299 g/mol. The van der Waals surface area contributed by atoms with Gasteiger partial charge in [-0.1, -0.05) is 0 Å². The number of halogens is 4. The number of nitro benzene ring substituents is 1. The van der Waals surface area contributed by atoms with Crippen LogP contribution in [0.1, 0.15) is 18.4 Å². The summed E-state index contributed by atoms with van der Waals surface area (Å²) in [7, 11) is 0. The van der Waals surface area contributed by atoms with Gasteiger partial charge in [-0.25, -0.2) is 0 Å². The number of anilines is 1. The highest BCUT2D eigenvalue weighted by molar-refractivity contribution is 5.62. The van der Waals surface area contributed by atoms with Gasteiger partial charge >= 0.3 is 6.18 Å². The zero-order valence-corrected chi connectivity index (χ0v) is 11.2. The van der Waals surface area contributed by atoms with Crippen molar-refractivity contribution in [1.82, 2.24) is 0 Å². The van der Waals surface area contributed by atoms with Crippen LogP contribution in [0.15, 0.2) is 18.2 Å². The van der Waals surface area contributed by atoms with Crippen LogP contribution in [0, 0.1) is 10.1 Å². The van der Waals surface area contributed by atoms with Gasteiger partial charge in [0.15, 0.2) is 0 Å². The molecule has 0 aliphatic heterocycles. The lowest BCUT2D eigenvalue weighted by Gasteiger charge is -2.10. The van der Waals surface area contributed by atoms with Crippen molar-refractivity contribution in [2.24, 2.45) is 5.73 Å². The van der Waals surface area contributed by atoms with Gasteiger partial charge in [0.25, 0.3) is 5.69 Å². The number of unbranched alkanes of at least 4 members (excludes halogenated alkanes) is 1. The molecule has 0 aliphatic carbocycles. The molecule has 0 heterocycles. The Hall–Kier alpha value is -1.54. The van der Waals surface area contributed by atoms with Gasteiger partial charge in [0.1, 0.15) is 5.69 Å². The molecule has 9 heteroatoms. The number of nitrogens with two attached hydrogens (primary N) is 1. The third-order valence-corrected chi connectivity index (χ3v) is 2.47. The Kier molecular flexibility index (Phi) is 7.30. The van der Waals surface area contributed by atoms with Crippen molar-refractivity contribution in [2.45, 2.75) is 19.0 Å². The number of rotatable bonds is 6. The molecule has 0 spiro atoms. The molecular formula is C11H14ClF3N3O2-. The molecule has 0 saturated carbocycles. The van der Waals surface area contributed by atoms with E-state index >= 15 is 0 Å². The van der Waals surface area contributed by atoms with Crippen LogP contribution < -0.4 is 23.5 Å². The molecule has 0 radical (unpaired) electrons. The Bertz CT molecular complexity index is 455. The highest BCUT2D eigenvalue weighted by Gasteiger charge is 2.32. The molecule has 1 rings (SSSR count). The Balaban J connectivity index is 0.00000361. The minimum Gasteiger partial charge on any atom is -1.00 e. The van der Waals surface area contributed by atoms with Gasteiger partial charge in [-0.05, 0) is 31.5 Å². The number of alkyl halides is 3. The van der Waals surface area contributed by atoms with E-state index in [1.807, 2.05) is 0 Å². The number of hydrogen-bond donors (Lipinski definition) is 2.